The fourth-order valence-electron chi connectivity index (χ4n) is 6.26. The standard InChI is InChI=1S/C26H37NO4/c1-2-3-4-5-9-16-23(28)26(21-14-10-11-15-22(21)26)24(29)27-20(18-31-25(27)30)17-19-12-7-6-8-13-19/h6-8,12-13,20-23,28H,2-5,9-11,14-18H2,1H3/t20-,21-,22+,23+,26?/m0/s1. The maximum atomic E-state index is 13.9. The van der Waals surface area contributed by atoms with Gasteiger partial charge in [0.2, 0.25) is 5.91 Å². The summed E-state index contributed by atoms with van der Waals surface area (Å²) in [4.78, 5) is 28.0. The van der Waals surface area contributed by atoms with E-state index in [2.05, 4.69) is 6.92 Å². The van der Waals surface area contributed by atoms with E-state index in [0.29, 0.717) is 12.8 Å². The molecular formula is C26H37NO4. The Morgan fingerprint density at radius 2 is 1.81 bits per heavy atom. The molecule has 3 aliphatic rings. The molecule has 1 heterocycles. The summed E-state index contributed by atoms with van der Waals surface area (Å²) in [5.74, 6) is 0.254. The molecule has 1 aliphatic heterocycles. The highest BCUT2D eigenvalue weighted by Gasteiger charge is 2.73. The molecule has 1 N–H and O–H groups in total. The van der Waals surface area contributed by atoms with Gasteiger partial charge in [-0.1, -0.05) is 82.2 Å². The number of rotatable bonds is 10. The van der Waals surface area contributed by atoms with E-state index in [0.717, 1.165) is 44.1 Å². The average Bonchev–Trinajstić information content (AvgIpc) is 3.35. The van der Waals surface area contributed by atoms with Crippen molar-refractivity contribution in [2.45, 2.75) is 89.7 Å². The van der Waals surface area contributed by atoms with Gasteiger partial charge in [-0.2, -0.15) is 0 Å². The van der Waals surface area contributed by atoms with Crippen molar-refractivity contribution in [2.24, 2.45) is 17.3 Å². The largest absolute Gasteiger partial charge is 0.447 e. The van der Waals surface area contributed by atoms with Crippen LogP contribution in [0.2, 0.25) is 0 Å². The molecule has 0 aromatic heterocycles. The zero-order valence-electron chi connectivity index (χ0n) is 18.8. The third-order valence-corrected chi connectivity index (χ3v) is 7.88. The summed E-state index contributed by atoms with van der Waals surface area (Å²) in [7, 11) is 0. The number of carbonyl (C=O) groups is 2. The first-order valence-electron chi connectivity index (χ1n) is 12.3. The van der Waals surface area contributed by atoms with Gasteiger partial charge in [0.05, 0.1) is 17.6 Å². The Labute approximate surface area is 186 Å². The van der Waals surface area contributed by atoms with Crippen LogP contribution >= 0.6 is 0 Å². The fourth-order valence-corrected chi connectivity index (χ4v) is 6.26. The molecular weight excluding hydrogens is 390 g/mol. The molecule has 4 rings (SSSR count). The third-order valence-electron chi connectivity index (χ3n) is 7.88. The Hall–Kier alpha value is -1.88. The summed E-state index contributed by atoms with van der Waals surface area (Å²) in [5.41, 5.74) is 0.307. The molecule has 2 amide bonds. The molecule has 170 valence electrons. The minimum atomic E-state index is -0.778. The van der Waals surface area contributed by atoms with E-state index in [4.69, 9.17) is 4.74 Å². The van der Waals surface area contributed by atoms with Crippen molar-refractivity contribution in [1.82, 2.24) is 4.90 Å². The van der Waals surface area contributed by atoms with Gasteiger partial charge in [-0.25, -0.2) is 9.69 Å². The quantitative estimate of drug-likeness (QED) is 0.527. The Balaban J connectivity index is 1.51. The van der Waals surface area contributed by atoms with Crippen molar-refractivity contribution in [2.75, 3.05) is 6.61 Å². The number of fused-ring (bicyclic) bond motifs is 1. The molecule has 5 atom stereocenters. The van der Waals surface area contributed by atoms with Gasteiger partial charge >= 0.3 is 6.09 Å². The number of unbranched alkanes of at least 4 members (excludes halogenated alkanes) is 4. The van der Waals surface area contributed by atoms with E-state index in [1.165, 1.54) is 24.2 Å². The number of aliphatic hydroxyl groups is 1. The molecule has 5 nitrogen and oxygen atoms in total. The lowest BCUT2D eigenvalue weighted by molar-refractivity contribution is -0.141. The normalized spacial score (nSPS) is 30.6. The fraction of sp³-hybridized carbons (Fsp3) is 0.692. The van der Waals surface area contributed by atoms with Gasteiger partial charge in [0.1, 0.15) is 6.61 Å². The second-order valence-corrected chi connectivity index (χ2v) is 9.74. The Bertz CT molecular complexity index is 752. The lowest BCUT2D eigenvalue weighted by Crippen LogP contribution is -2.49. The molecule has 0 bridgehead atoms. The summed E-state index contributed by atoms with van der Waals surface area (Å²) in [6.07, 6.45) is 9.83. The second kappa shape index (κ2) is 9.72. The van der Waals surface area contributed by atoms with Crippen LogP contribution in [0.5, 0.6) is 0 Å². The molecule has 0 spiro atoms. The number of hydrogen-bond donors (Lipinski definition) is 1. The van der Waals surface area contributed by atoms with Gasteiger partial charge in [-0.3, -0.25) is 4.79 Å². The highest BCUT2D eigenvalue weighted by molar-refractivity contribution is 5.99. The zero-order valence-corrected chi connectivity index (χ0v) is 18.8. The van der Waals surface area contributed by atoms with E-state index in [1.54, 1.807) is 0 Å². The molecule has 5 heteroatoms. The van der Waals surface area contributed by atoms with Crippen LogP contribution < -0.4 is 0 Å². The molecule has 1 aromatic carbocycles. The lowest BCUT2D eigenvalue weighted by atomic mass is 9.87. The summed E-state index contributed by atoms with van der Waals surface area (Å²) < 4.78 is 5.34. The summed E-state index contributed by atoms with van der Waals surface area (Å²) in [6.45, 7) is 2.43. The topological polar surface area (TPSA) is 66.8 Å². The molecule has 2 aliphatic carbocycles. The van der Waals surface area contributed by atoms with Crippen LogP contribution in [0.25, 0.3) is 0 Å². The van der Waals surface area contributed by atoms with E-state index >= 15 is 0 Å². The van der Waals surface area contributed by atoms with Gasteiger partial charge in [0.15, 0.2) is 0 Å². The molecule has 1 saturated heterocycles. The van der Waals surface area contributed by atoms with Crippen molar-refractivity contribution in [1.29, 1.82) is 0 Å². The van der Waals surface area contributed by atoms with Gasteiger partial charge < -0.3 is 9.84 Å². The van der Waals surface area contributed by atoms with E-state index in [9.17, 15) is 14.7 Å². The van der Waals surface area contributed by atoms with Crippen molar-refractivity contribution in [3.63, 3.8) is 0 Å². The van der Waals surface area contributed by atoms with Crippen LogP contribution in [0.4, 0.5) is 4.79 Å². The second-order valence-electron chi connectivity index (χ2n) is 9.74. The number of hydrogen-bond acceptors (Lipinski definition) is 4. The van der Waals surface area contributed by atoms with Gasteiger partial charge in [-0.05, 0) is 43.1 Å². The molecule has 1 unspecified atom stereocenters. The Kier molecular flexibility index (Phi) is 7.00. The average molecular weight is 428 g/mol. The minimum Gasteiger partial charge on any atom is -0.447 e. The molecule has 0 radical (unpaired) electrons. The predicted octanol–water partition coefficient (Wildman–Crippen LogP) is 5.10. The van der Waals surface area contributed by atoms with Gasteiger partial charge in [-0.15, -0.1) is 0 Å². The summed E-state index contributed by atoms with van der Waals surface area (Å²) in [5, 5.41) is 11.3. The smallest absolute Gasteiger partial charge is 0.417 e. The van der Waals surface area contributed by atoms with Crippen molar-refractivity contribution >= 4 is 12.0 Å². The summed E-state index contributed by atoms with van der Waals surface area (Å²) in [6, 6.07) is 9.64. The van der Waals surface area contributed by atoms with E-state index in [-0.39, 0.29) is 30.4 Å². The third kappa shape index (κ3) is 4.26. The minimum absolute atomic E-state index is 0.172. The van der Waals surface area contributed by atoms with E-state index in [1.807, 2.05) is 30.3 Å². The lowest BCUT2D eigenvalue weighted by Gasteiger charge is -2.30. The number of imide groups is 1. The molecule has 3 fully saturated rings. The van der Waals surface area contributed by atoms with Crippen LogP contribution in [0.1, 0.15) is 76.7 Å². The molecule has 1 aromatic rings. The first-order valence-corrected chi connectivity index (χ1v) is 12.3. The number of aliphatic hydroxyl groups excluding tert-OH is 1. The van der Waals surface area contributed by atoms with Crippen molar-refractivity contribution in [3.8, 4) is 0 Å². The number of benzene rings is 1. The predicted molar refractivity (Wildman–Crippen MR) is 119 cm³/mol. The number of cyclic esters (lactones) is 1. The maximum absolute atomic E-state index is 13.9. The van der Waals surface area contributed by atoms with E-state index < -0.39 is 17.6 Å². The summed E-state index contributed by atoms with van der Waals surface area (Å²) >= 11 is 0. The Morgan fingerprint density at radius 1 is 1.13 bits per heavy atom. The monoisotopic (exact) mass is 427 g/mol. The number of ether oxygens (including phenoxy) is 1. The first-order chi connectivity index (χ1) is 15.1. The van der Waals surface area contributed by atoms with Crippen LogP contribution in [0.15, 0.2) is 30.3 Å². The number of nitrogens with zero attached hydrogens (tertiary/aromatic N) is 1. The van der Waals surface area contributed by atoms with Crippen LogP contribution in [-0.2, 0) is 16.0 Å². The number of carbonyl (C=O) groups excluding carboxylic acids is 2. The van der Waals surface area contributed by atoms with Gasteiger partial charge in [0, 0.05) is 0 Å². The molecule has 31 heavy (non-hydrogen) atoms. The maximum Gasteiger partial charge on any atom is 0.417 e. The SMILES string of the molecule is CCCCCCC[C@@H](O)C1(C(=O)N2C(=O)OC[C@@H]2Cc2ccccc2)[C@@H]2CCCC[C@@H]21. The van der Waals surface area contributed by atoms with Crippen molar-refractivity contribution < 1.29 is 19.4 Å². The molecule has 2 saturated carbocycles. The van der Waals surface area contributed by atoms with Crippen LogP contribution in [-0.4, -0.2) is 40.8 Å². The first kappa shape index (κ1) is 22.3. The highest BCUT2D eigenvalue weighted by Crippen LogP contribution is 2.68. The Morgan fingerprint density at radius 3 is 2.48 bits per heavy atom. The number of amides is 2. The van der Waals surface area contributed by atoms with Crippen LogP contribution in [0.3, 0.4) is 0 Å². The highest BCUT2D eigenvalue weighted by atomic mass is 16.6. The van der Waals surface area contributed by atoms with Gasteiger partial charge in [0.25, 0.3) is 0 Å². The zero-order chi connectivity index (χ0) is 21.8. The van der Waals surface area contributed by atoms with Crippen LogP contribution in [0, 0.1) is 17.3 Å². The van der Waals surface area contributed by atoms with Crippen molar-refractivity contribution in [3.05, 3.63) is 35.9 Å².